The first-order valence-electron chi connectivity index (χ1n) is 11.5. The fourth-order valence-corrected chi connectivity index (χ4v) is 3.91. The first-order valence-corrected chi connectivity index (χ1v) is 11.5. The highest BCUT2D eigenvalue weighted by molar-refractivity contribution is 5.98. The third kappa shape index (κ3) is 5.28. The molecular formula is C27H33N3O3. The Hall–Kier alpha value is -3.12. The van der Waals surface area contributed by atoms with Gasteiger partial charge in [-0.15, -0.1) is 0 Å². The van der Waals surface area contributed by atoms with E-state index in [1.54, 1.807) is 0 Å². The molecule has 0 spiro atoms. The van der Waals surface area contributed by atoms with Crippen LogP contribution in [-0.2, 0) is 10.2 Å². The van der Waals surface area contributed by atoms with Gasteiger partial charge < -0.3 is 19.4 Å². The summed E-state index contributed by atoms with van der Waals surface area (Å²) < 4.78 is 11.8. The number of benzene rings is 2. The van der Waals surface area contributed by atoms with Crippen LogP contribution in [0.4, 0.5) is 5.69 Å². The first-order chi connectivity index (χ1) is 15.7. The van der Waals surface area contributed by atoms with Gasteiger partial charge in [0.25, 0.3) is 5.91 Å². The molecule has 3 aromatic rings. The van der Waals surface area contributed by atoms with Crippen LogP contribution in [0.2, 0.25) is 0 Å². The number of nitrogens with one attached hydrogen (secondary N) is 1. The van der Waals surface area contributed by atoms with Gasteiger partial charge in [-0.25, -0.2) is 4.98 Å². The molecule has 4 rings (SSSR count). The van der Waals surface area contributed by atoms with E-state index in [-0.39, 0.29) is 17.4 Å². The molecular weight excluding hydrogens is 414 g/mol. The summed E-state index contributed by atoms with van der Waals surface area (Å²) in [5, 5.41) is 2.98. The summed E-state index contributed by atoms with van der Waals surface area (Å²) in [5.74, 6) is 0.656. The number of hydrogen-bond donors (Lipinski definition) is 1. The summed E-state index contributed by atoms with van der Waals surface area (Å²) in [5.41, 5.74) is 4.30. The van der Waals surface area contributed by atoms with Crippen LogP contribution in [0.25, 0.3) is 22.8 Å². The minimum absolute atomic E-state index is 0.0574. The van der Waals surface area contributed by atoms with Crippen LogP contribution in [0.3, 0.4) is 0 Å². The lowest BCUT2D eigenvalue weighted by molar-refractivity contribution is 0.0854. The molecule has 174 valence electrons. The zero-order chi connectivity index (χ0) is 23.6. The van der Waals surface area contributed by atoms with Crippen LogP contribution in [0, 0.1) is 0 Å². The Kier molecular flexibility index (Phi) is 6.56. The van der Waals surface area contributed by atoms with Gasteiger partial charge in [0.15, 0.2) is 11.5 Å². The summed E-state index contributed by atoms with van der Waals surface area (Å²) >= 11 is 0. The molecule has 1 atom stereocenters. The van der Waals surface area contributed by atoms with Crippen molar-refractivity contribution in [2.75, 3.05) is 32.1 Å². The predicted octanol–water partition coefficient (Wildman–Crippen LogP) is 5.28. The van der Waals surface area contributed by atoms with Crippen LogP contribution < -0.4 is 10.2 Å². The fourth-order valence-electron chi connectivity index (χ4n) is 3.91. The maximum absolute atomic E-state index is 13.1. The standard InChI is InChI=1S/C27H33N3O3/c1-27(2,3)20-12-8-19(9-13-20)26-29-23(25(31)28-17-22-7-6-16-32-22)24(33-26)18-10-14-21(15-11-18)30(4)5/h8-15,22H,6-7,16-17H2,1-5H3,(H,28,31). The molecule has 1 N–H and O–H groups in total. The topological polar surface area (TPSA) is 67.6 Å². The van der Waals surface area contributed by atoms with Gasteiger partial charge in [0.05, 0.1) is 6.10 Å². The molecule has 0 aliphatic carbocycles. The second kappa shape index (κ2) is 9.40. The zero-order valence-electron chi connectivity index (χ0n) is 20.1. The number of carbonyl (C=O) groups excluding carboxylic acids is 1. The van der Waals surface area contributed by atoms with E-state index < -0.39 is 0 Å². The van der Waals surface area contributed by atoms with Gasteiger partial charge in [0.1, 0.15) is 0 Å². The lowest BCUT2D eigenvalue weighted by atomic mass is 9.87. The highest BCUT2D eigenvalue weighted by Crippen LogP contribution is 2.32. The predicted molar refractivity (Wildman–Crippen MR) is 132 cm³/mol. The molecule has 6 heteroatoms. The number of rotatable bonds is 6. The van der Waals surface area contributed by atoms with Gasteiger partial charge in [-0.05, 0) is 60.2 Å². The molecule has 1 aliphatic heterocycles. The van der Waals surface area contributed by atoms with Crippen molar-refractivity contribution < 1.29 is 13.9 Å². The molecule has 1 amide bonds. The van der Waals surface area contributed by atoms with E-state index in [2.05, 4.69) is 43.2 Å². The Morgan fingerprint density at radius 3 is 2.30 bits per heavy atom. The van der Waals surface area contributed by atoms with Crippen LogP contribution in [0.5, 0.6) is 0 Å². The number of hydrogen-bond acceptors (Lipinski definition) is 5. The van der Waals surface area contributed by atoms with E-state index in [0.717, 1.165) is 36.3 Å². The van der Waals surface area contributed by atoms with Gasteiger partial charge in [-0.2, -0.15) is 0 Å². The maximum Gasteiger partial charge on any atom is 0.274 e. The Morgan fingerprint density at radius 1 is 1.06 bits per heavy atom. The van der Waals surface area contributed by atoms with Crippen LogP contribution in [-0.4, -0.2) is 44.2 Å². The summed E-state index contributed by atoms with van der Waals surface area (Å²) in [4.78, 5) is 19.8. The molecule has 6 nitrogen and oxygen atoms in total. The second-order valence-corrected chi connectivity index (χ2v) is 9.81. The van der Waals surface area contributed by atoms with Crippen molar-refractivity contribution >= 4 is 11.6 Å². The van der Waals surface area contributed by atoms with Crippen LogP contribution in [0.1, 0.15) is 49.7 Å². The lowest BCUT2D eigenvalue weighted by Crippen LogP contribution is -2.32. The fraction of sp³-hybridized carbons (Fsp3) is 0.407. The average molecular weight is 448 g/mol. The van der Waals surface area contributed by atoms with Gasteiger partial charge in [0.2, 0.25) is 5.89 Å². The Bertz CT molecular complexity index is 1090. The molecule has 1 fully saturated rings. The average Bonchev–Trinajstić information content (AvgIpc) is 3.47. The van der Waals surface area contributed by atoms with Crippen LogP contribution >= 0.6 is 0 Å². The van der Waals surface area contributed by atoms with Crippen molar-refractivity contribution in [2.45, 2.75) is 45.1 Å². The number of aromatic nitrogens is 1. The summed E-state index contributed by atoms with van der Waals surface area (Å²) in [7, 11) is 3.99. The van der Waals surface area contributed by atoms with E-state index >= 15 is 0 Å². The molecule has 33 heavy (non-hydrogen) atoms. The van der Waals surface area contributed by atoms with Gasteiger partial charge in [-0.1, -0.05) is 32.9 Å². The monoisotopic (exact) mass is 447 g/mol. The number of anilines is 1. The largest absolute Gasteiger partial charge is 0.435 e. The van der Waals surface area contributed by atoms with Crippen molar-refractivity contribution in [3.05, 3.63) is 59.8 Å². The van der Waals surface area contributed by atoms with Crippen LogP contribution in [0.15, 0.2) is 52.9 Å². The summed E-state index contributed by atoms with van der Waals surface area (Å²) in [6.45, 7) is 7.76. The van der Waals surface area contributed by atoms with Crippen molar-refractivity contribution in [3.63, 3.8) is 0 Å². The molecule has 2 aromatic carbocycles. The molecule has 0 saturated carbocycles. The minimum Gasteiger partial charge on any atom is -0.435 e. The number of amides is 1. The van der Waals surface area contributed by atoms with Crippen molar-refractivity contribution in [1.82, 2.24) is 10.3 Å². The molecule has 0 bridgehead atoms. The third-order valence-corrected chi connectivity index (χ3v) is 6.00. The number of ether oxygens (including phenoxy) is 1. The van der Waals surface area contributed by atoms with Gasteiger partial charge >= 0.3 is 0 Å². The third-order valence-electron chi connectivity index (χ3n) is 6.00. The highest BCUT2D eigenvalue weighted by Gasteiger charge is 2.24. The molecule has 1 saturated heterocycles. The van der Waals surface area contributed by atoms with E-state index in [1.165, 1.54) is 5.56 Å². The maximum atomic E-state index is 13.1. The Morgan fingerprint density at radius 2 is 1.73 bits per heavy atom. The van der Waals surface area contributed by atoms with E-state index in [9.17, 15) is 4.79 Å². The summed E-state index contributed by atoms with van der Waals surface area (Å²) in [6, 6.07) is 16.1. The second-order valence-electron chi connectivity index (χ2n) is 9.81. The number of carbonyl (C=O) groups is 1. The lowest BCUT2D eigenvalue weighted by Gasteiger charge is -2.18. The van der Waals surface area contributed by atoms with Gasteiger partial charge in [-0.3, -0.25) is 4.79 Å². The Labute approximate surface area is 196 Å². The normalized spacial score (nSPS) is 16.1. The molecule has 2 heterocycles. The van der Waals surface area contributed by atoms with Crippen molar-refractivity contribution in [1.29, 1.82) is 0 Å². The van der Waals surface area contributed by atoms with Crippen molar-refractivity contribution in [3.8, 4) is 22.8 Å². The SMILES string of the molecule is CN(C)c1ccc(-c2oc(-c3ccc(C(C)(C)C)cc3)nc2C(=O)NCC2CCCO2)cc1. The van der Waals surface area contributed by atoms with Gasteiger partial charge in [0, 0.05) is 44.1 Å². The molecule has 1 unspecified atom stereocenters. The molecule has 0 radical (unpaired) electrons. The molecule has 1 aromatic heterocycles. The minimum atomic E-state index is -0.251. The van der Waals surface area contributed by atoms with E-state index in [0.29, 0.717) is 23.9 Å². The quantitative estimate of drug-likeness (QED) is 0.557. The molecule has 1 aliphatic rings. The number of nitrogens with zero attached hydrogens (tertiary/aromatic N) is 2. The zero-order valence-corrected chi connectivity index (χ0v) is 20.1. The Balaban J connectivity index is 1.66. The van der Waals surface area contributed by atoms with E-state index in [1.807, 2.05) is 55.4 Å². The smallest absolute Gasteiger partial charge is 0.274 e. The highest BCUT2D eigenvalue weighted by atomic mass is 16.5. The van der Waals surface area contributed by atoms with Crippen molar-refractivity contribution in [2.24, 2.45) is 0 Å². The first kappa shape index (κ1) is 23.1. The summed E-state index contributed by atoms with van der Waals surface area (Å²) in [6.07, 6.45) is 2.06. The van der Waals surface area contributed by atoms with E-state index in [4.69, 9.17) is 9.15 Å². The number of oxazole rings is 1.